The number of anilines is 1. The molecule has 0 fully saturated rings. The maximum atomic E-state index is 14.2. The van der Waals surface area contributed by atoms with Gasteiger partial charge in [0.15, 0.2) is 5.75 Å². The normalized spacial score (nSPS) is 32.0. The van der Waals surface area contributed by atoms with Crippen molar-refractivity contribution < 1.29 is 58.9 Å². The molecule has 9 atom stereocenters. The van der Waals surface area contributed by atoms with Crippen molar-refractivity contribution in [1.82, 2.24) is 5.32 Å². The van der Waals surface area contributed by atoms with Gasteiger partial charge in [-0.3, -0.25) is 14.4 Å². The van der Waals surface area contributed by atoms with Crippen molar-refractivity contribution in [3.63, 3.8) is 0 Å². The lowest BCUT2D eigenvalue weighted by molar-refractivity contribution is -0.160. The first-order valence-corrected chi connectivity index (χ1v) is 17.5. The van der Waals surface area contributed by atoms with Gasteiger partial charge in [0.05, 0.1) is 41.2 Å². The minimum Gasteiger partial charge on any atom is -0.507 e. The van der Waals surface area contributed by atoms with Crippen molar-refractivity contribution in [3.8, 4) is 23.0 Å². The van der Waals surface area contributed by atoms with Crippen LogP contribution in [-0.4, -0.2) is 87.6 Å². The Morgan fingerprint density at radius 2 is 1.62 bits per heavy atom. The number of methoxy groups -OCH3 is 1. The summed E-state index contributed by atoms with van der Waals surface area (Å²) in [6.45, 7) is 12.5. The van der Waals surface area contributed by atoms with Gasteiger partial charge in [0, 0.05) is 73.3 Å². The van der Waals surface area contributed by atoms with Crippen molar-refractivity contribution in [2.75, 3.05) is 19.5 Å². The molecule has 2 aromatic rings. The molecule has 1 amide bonds. The average molecular weight is 741 g/mol. The second-order valence-corrected chi connectivity index (χ2v) is 14.2. The number of aliphatic hydroxyl groups is 2. The van der Waals surface area contributed by atoms with Crippen LogP contribution in [0.15, 0.2) is 36.1 Å². The molecular formula is C39H52N2O12. The van der Waals surface area contributed by atoms with Gasteiger partial charge in [-0.1, -0.05) is 45.9 Å². The number of fused-ring (bicyclic) bond motifs is 14. The van der Waals surface area contributed by atoms with E-state index in [9.17, 15) is 39.9 Å². The van der Waals surface area contributed by atoms with E-state index < -0.39 is 88.8 Å². The third kappa shape index (κ3) is 7.72. The van der Waals surface area contributed by atoms with Crippen molar-refractivity contribution in [2.24, 2.45) is 23.7 Å². The minimum absolute atomic E-state index is 0.0362. The molecule has 0 spiro atoms. The fourth-order valence-corrected chi connectivity index (χ4v) is 7.14. The summed E-state index contributed by atoms with van der Waals surface area (Å²) in [7, 11) is 3.02. The van der Waals surface area contributed by atoms with Gasteiger partial charge >= 0.3 is 11.8 Å². The molecule has 2 aromatic carbocycles. The van der Waals surface area contributed by atoms with Crippen LogP contribution in [0, 0.1) is 30.6 Å². The molecule has 0 unspecified atom stereocenters. The highest BCUT2D eigenvalue weighted by Gasteiger charge is 2.50. The summed E-state index contributed by atoms with van der Waals surface area (Å²) in [6, 6.07) is 0. The zero-order chi connectivity index (χ0) is 39.7. The van der Waals surface area contributed by atoms with Gasteiger partial charge in [-0.05, 0) is 27.0 Å². The van der Waals surface area contributed by atoms with E-state index >= 15 is 0 Å². The number of phenolic OH excluding ortho intramolecular Hbond substituents is 3. The Bertz CT molecular complexity index is 1850. The molecule has 0 saturated heterocycles. The number of allylic oxidation sites excluding steroid dienone is 2. The number of Topliss-reactive ketones (excluding diaryl/α,β-unsaturated/α-hetero) is 1. The van der Waals surface area contributed by atoms with E-state index in [2.05, 4.69) is 10.6 Å². The average Bonchev–Trinajstić information content (AvgIpc) is 3.38. The lowest BCUT2D eigenvalue weighted by atomic mass is 9.78. The third-order valence-corrected chi connectivity index (χ3v) is 10.4. The predicted octanol–water partition coefficient (Wildman–Crippen LogP) is 4.47. The number of ether oxygens (including phenoxy) is 4. The largest absolute Gasteiger partial charge is 0.507 e. The smallest absolute Gasteiger partial charge is 0.312 e. The summed E-state index contributed by atoms with van der Waals surface area (Å²) in [6.07, 6.45) is 3.62. The molecule has 7 N–H and O–H groups in total. The Hall–Kier alpha value is -4.63. The Balaban J connectivity index is 1.94. The fraction of sp³-hybridized carbons (Fsp3) is 0.513. The maximum Gasteiger partial charge on any atom is 0.312 e. The zero-order valence-electron chi connectivity index (χ0n) is 31.8. The number of carbonyl (C=O) groups is 3. The topological polar surface area (TPSA) is 213 Å². The van der Waals surface area contributed by atoms with Gasteiger partial charge in [0.25, 0.3) is 11.7 Å². The number of hydrogen-bond acceptors (Lipinski definition) is 13. The second-order valence-electron chi connectivity index (χ2n) is 14.2. The molecule has 0 saturated carbocycles. The summed E-state index contributed by atoms with van der Waals surface area (Å²) < 4.78 is 23.4. The quantitative estimate of drug-likeness (QED) is 0.131. The van der Waals surface area contributed by atoms with Crippen LogP contribution < -0.4 is 15.4 Å². The lowest BCUT2D eigenvalue weighted by Gasteiger charge is -2.38. The van der Waals surface area contributed by atoms with E-state index in [1.807, 2.05) is 0 Å². The number of rotatable bonds is 4. The molecule has 3 aliphatic heterocycles. The zero-order valence-corrected chi connectivity index (χ0v) is 31.8. The molecule has 0 aromatic heterocycles. The molecule has 14 heteroatoms. The van der Waals surface area contributed by atoms with Crippen LogP contribution in [0.1, 0.15) is 70.0 Å². The van der Waals surface area contributed by atoms with E-state index in [1.54, 1.807) is 46.9 Å². The van der Waals surface area contributed by atoms with Gasteiger partial charge in [0.1, 0.15) is 23.4 Å². The SMILES string of the molecule is CNCc1c2c(O)c3c(O)c(C)c4c(c3c1O)C(=O)[C@@](C)(O/C=C/[C@H](OC)[C@H](C)[C@@H](OC(C)=O)[C@@H](C)[C@H](O)[C@H](C)[C@@H](O)[C@@H](C)/C=C/C=C(/C)C(=O)N2)O4. The molecule has 0 aliphatic carbocycles. The standard InChI is InChI=1S/C39H52N2O12/c1-17-12-11-13-18(2)38(49)41-29-24(16-40-9)33(46)26-27(34(29)47)32(45)22(6)36-28(26)37(48)39(8,53-36)51-15-14-25(50-10)19(3)35(52-23(7)42)21(5)31(44)20(4)30(17)43/h11-15,17,19-21,25,30-31,35,40,43-47H,16H2,1-10H3,(H,41,49)/b12-11+,15-14+,18-13-/t17-,19-,20+,21-,25-,30-,31+,35+,39-/m0/s1. The molecule has 5 bridgehead atoms. The van der Waals surface area contributed by atoms with Crippen molar-refractivity contribution >= 4 is 34.1 Å². The molecule has 0 radical (unpaired) electrons. The van der Waals surface area contributed by atoms with Crippen LogP contribution in [-0.2, 0) is 30.3 Å². The first kappa shape index (κ1) is 41.1. The van der Waals surface area contributed by atoms with Gasteiger partial charge in [0.2, 0.25) is 0 Å². The van der Waals surface area contributed by atoms with Gasteiger partial charge in [-0.15, -0.1) is 0 Å². The third-order valence-electron chi connectivity index (χ3n) is 10.4. The number of ketones is 1. The van der Waals surface area contributed by atoms with Crippen LogP contribution in [0.2, 0.25) is 0 Å². The molecule has 290 valence electrons. The summed E-state index contributed by atoms with van der Waals surface area (Å²) in [4.78, 5) is 39.9. The van der Waals surface area contributed by atoms with Crippen molar-refractivity contribution in [2.45, 2.75) is 92.1 Å². The fourth-order valence-electron chi connectivity index (χ4n) is 7.14. The lowest BCUT2D eigenvalue weighted by Crippen LogP contribution is -2.46. The number of phenols is 3. The van der Waals surface area contributed by atoms with E-state index in [0.29, 0.717) is 0 Å². The number of aliphatic hydroxyl groups excluding tert-OH is 2. The Labute approximate surface area is 309 Å². The summed E-state index contributed by atoms with van der Waals surface area (Å²) in [5, 5.41) is 62.4. The summed E-state index contributed by atoms with van der Waals surface area (Å²) in [5.41, 5.74) is -0.0314. The number of nitrogens with one attached hydrogen (secondary N) is 2. The van der Waals surface area contributed by atoms with Crippen LogP contribution in [0.5, 0.6) is 23.0 Å². The molecule has 3 heterocycles. The van der Waals surface area contributed by atoms with E-state index in [1.165, 1.54) is 53.2 Å². The molecular weight excluding hydrogens is 688 g/mol. The van der Waals surface area contributed by atoms with Gasteiger partial charge < -0.3 is 55.1 Å². The van der Waals surface area contributed by atoms with Crippen LogP contribution in [0.25, 0.3) is 10.8 Å². The van der Waals surface area contributed by atoms with Crippen LogP contribution in [0.4, 0.5) is 5.69 Å². The highest BCUT2D eigenvalue weighted by molar-refractivity contribution is 6.22. The maximum absolute atomic E-state index is 14.2. The number of hydrogen-bond donors (Lipinski definition) is 7. The molecule has 53 heavy (non-hydrogen) atoms. The summed E-state index contributed by atoms with van der Waals surface area (Å²) >= 11 is 0. The van der Waals surface area contributed by atoms with E-state index in [0.717, 1.165) is 0 Å². The van der Waals surface area contributed by atoms with Crippen molar-refractivity contribution in [3.05, 3.63) is 52.8 Å². The molecule has 5 rings (SSSR count). The highest BCUT2D eigenvalue weighted by atomic mass is 16.7. The second kappa shape index (κ2) is 16.2. The number of aromatic hydroxyl groups is 3. The monoisotopic (exact) mass is 740 g/mol. The van der Waals surface area contributed by atoms with Crippen LogP contribution >= 0.6 is 0 Å². The van der Waals surface area contributed by atoms with Gasteiger partial charge in [-0.25, -0.2) is 0 Å². The number of benzene rings is 2. The Morgan fingerprint density at radius 1 is 0.962 bits per heavy atom. The highest BCUT2D eigenvalue weighted by Crippen LogP contribution is 2.55. The van der Waals surface area contributed by atoms with Gasteiger partial charge in [-0.2, -0.15) is 0 Å². The summed E-state index contributed by atoms with van der Waals surface area (Å²) in [5.74, 6) is -8.02. The Kier molecular flexibility index (Phi) is 12.5. The molecule has 14 nitrogen and oxygen atoms in total. The van der Waals surface area contributed by atoms with E-state index in [4.69, 9.17) is 18.9 Å². The van der Waals surface area contributed by atoms with E-state index in [-0.39, 0.29) is 51.0 Å². The predicted molar refractivity (Wildman–Crippen MR) is 197 cm³/mol. The number of amides is 1. The minimum atomic E-state index is -2.01. The first-order valence-electron chi connectivity index (χ1n) is 17.5. The van der Waals surface area contributed by atoms with Crippen molar-refractivity contribution in [1.29, 1.82) is 0 Å². The molecule has 3 aliphatic rings. The first-order chi connectivity index (χ1) is 24.8. The van der Waals surface area contributed by atoms with Crippen LogP contribution in [0.3, 0.4) is 0 Å². The Morgan fingerprint density at radius 3 is 2.23 bits per heavy atom. The number of esters is 1. The number of carbonyl (C=O) groups excluding carboxylic acids is 3.